The predicted molar refractivity (Wildman–Crippen MR) is 52.1 cm³/mol. The van der Waals surface area contributed by atoms with Gasteiger partial charge in [0.05, 0.1) is 0 Å². The number of carbonyl (C=O) groups excluding carboxylic acids is 1. The summed E-state index contributed by atoms with van der Waals surface area (Å²) in [5, 5.41) is 0. The summed E-state index contributed by atoms with van der Waals surface area (Å²) in [7, 11) is 0. The van der Waals surface area contributed by atoms with Crippen molar-refractivity contribution in [2.75, 3.05) is 0 Å². The van der Waals surface area contributed by atoms with Crippen LogP contribution in [0.2, 0.25) is 0 Å². The van der Waals surface area contributed by atoms with Gasteiger partial charge in [0.2, 0.25) is 0 Å². The molecule has 0 fully saturated rings. The van der Waals surface area contributed by atoms with Crippen molar-refractivity contribution >= 4 is 32.1 Å². The number of hydrogen-bond acceptors (Lipinski definition) is 2. The second-order valence-electron chi connectivity index (χ2n) is 2.30. The van der Waals surface area contributed by atoms with Gasteiger partial charge in [-0.05, 0) is 0 Å². The topological polar surface area (TPSA) is 17.1 Å². The average Bonchev–Trinajstić information content (AvgIpc) is 2.75. The molecule has 2 aromatic rings. The summed E-state index contributed by atoms with van der Waals surface area (Å²) in [5.74, 6) is 0. The van der Waals surface area contributed by atoms with Crippen LogP contribution in [0.1, 0.15) is 9.67 Å². The second kappa shape index (κ2) is 3.40. The van der Waals surface area contributed by atoms with Crippen LogP contribution in [0.5, 0.6) is 0 Å². The van der Waals surface area contributed by atoms with Gasteiger partial charge in [-0.3, -0.25) is 0 Å². The van der Waals surface area contributed by atoms with Gasteiger partial charge in [0.25, 0.3) is 0 Å². The summed E-state index contributed by atoms with van der Waals surface area (Å²) < 4.78 is 1.38. The molecule has 2 rings (SSSR count). The van der Waals surface area contributed by atoms with Crippen LogP contribution in [-0.2, 0) is 0 Å². The first kappa shape index (κ1) is 7.99. The zero-order valence-electron chi connectivity index (χ0n) is 6.19. The van der Waals surface area contributed by atoms with E-state index < -0.39 is 0 Å². The van der Waals surface area contributed by atoms with Crippen molar-refractivity contribution < 1.29 is 4.79 Å². The van der Waals surface area contributed by atoms with E-state index in [0.29, 0.717) is 14.5 Å². The van der Waals surface area contributed by atoms with Gasteiger partial charge in [0.15, 0.2) is 0 Å². The van der Waals surface area contributed by atoms with Crippen molar-refractivity contribution in [3.63, 3.8) is 0 Å². The number of carbonyl (C=O) groups is 1. The van der Waals surface area contributed by atoms with Crippen LogP contribution >= 0.6 is 11.3 Å². The van der Waals surface area contributed by atoms with Crippen molar-refractivity contribution in [2.24, 2.45) is 0 Å². The molecule has 3 heteroatoms. The van der Waals surface area contributed by atoms with E-state index in [1.165, 1.54) is 9.31 Å². The zero-order chi connectivity index (χ0) is 8.39. The van der Waals surface area contributed by atoms with E-state index in [2.05, 4.69) is 17.1 Å². The van der Waals surface area contributed by atoms with Crippen LogP contribution in [0.15, 0.2) is 29.2 Å². The number of thiophene rings is 1. The first-order chi connectivity index (χ1) is 5.90. The molecule has 0 unspecified atom stereocenters. The van der Waals surface area contributed by atoms with Crippen LogP contribution < -0.4 is 0 Å². The Balaban J connectivity index is 2.41. The van der Waals surface area contributed by atoms with E-state index in [9.17, 15) is 4.79 Å². The Labute approximate surface area is 80.4 Å². The van der Waals surface area contributed by atoms with Crippen LogP contribution in [0.3, 0.4) is 0 Å². The maximum atomic E-state index is 10.4. The van der Waals surface area contributed by atoms with Gasteiger partial charge in [0, 0.05) is 0 Å². The minimum absolute atomic E-state index is 0.477. The molecule has 0 atom stereocenters. The molecule has 0 aromatic carbocycles. The van der Waals surface area contributed by atoms with Gasteiger partial charge < -0.3 is 0 Å². The number of aldehydes is 1. The molecule has 2 aromatic heterocycles. The van der Waals surface area contributed by atoms with E-state index >= 15 is 0 Å². The number of hydrogen-bond donors (Lipinski definition) is 0. The van der Waals surface area contributed by atoms with Crippen molar-refractivity contribution in [3.8, 4) is 9.31 Å². The van der Waals surface area contributed by atoms with Gasteiger partial charge >= 0.3 is 80.3 Å². The second-order valence-corrected chi connectivity index (χ2v) is 5.40. The summed E-state index contributed by atoms with van der Waals surface area (Å²) in [4.78, 5) is 14.6. The van der Waals surface area contributed by atoms with E-state index in [1.807, 2.05) is 12.1 Å². The molecular weight excluding hydrogens is 235 g/mol. The van der Waals surface area contributed by atoms with Gasteiger partial charge in [-0.1, -0.05) is 0 Å². The molecular formula is C9H6OSSe. The van der Waals surface area contributed by atoms with Crippen LogP contribution in [-0.4, -0.2) is 20.8 Å². The summed E-state index contributed by atoms with van der Waals surface area (Å²) >= 11 is 2.05. The fraction of sp³-hybridized carbons (Fsp3) is 0. The molecule has 12 heavy (non-hydrogen) atoms. The van der Waals surface area contributed by atoms with E-state index in [-0.39, 0.29) is 0 Å². The molecule has 0 bridgehead atoms. The molecule has 1 nitrogen and oxygen atoms in total. The average molecular weight is 241 g/mol. The molecule has 0 saturated carbocycles. The molecule has 0 aliphatic rings. The summed E-state index contributed by atoms with van der Waals surface area (Å²) in [6, 6.07) is 8.10. The number of rotatable bonds is 2. The molecule has 0 saturated heterocycles. The van der Waals surface area contributed by atoms with E-state index in [0.717, 1.165) is 11.2 Å². The molecule has 0 spiro atoms. The van der Waals surface area contributed by atoms with Crippen molar-refractivity contribution in [2.45, 2.75) is 0 Å². The molecule has 0 amide bonds. The Morgan fingerprint density at radius 2 is 2.25 bits per heavy atom. The third-order valence-corrected chi connectivity index (χ3v) is 4.74. The Morgan fingerprint density at radius 1 is 1.33 bits per heavy atom. The van der Waals surface area contributed by atoms with Crippen LogP contribution in [0.25, 0.3) is 9.31 Å². The standard InChI is InChI=1S/C9H6OSSe/c10-6-7-3-4-8(11-7)9-2-1-5-12-9/h1-6H. The fourth-order valence-corrected chi connectivity index (χ4v) is 3.58. The third kappa shape index (κ3) is 1.44. The molecule has 0 radical (unpaired) electrons. The Hall–Kier alpha value is -0.631. The van der Waals surface area contributed by atoms with Gasteiger partial charge in [-0.2, -0.15) is 0 Å². The predicted octanol–water partition coefficient (Wildman–Crippen LogP) is 2.28. The minimum atomic E-state index is 0.477. The Kier molecular flexibility index (Phi) is 2.26. The zero-order valence-corrected chi connectivity index (χ0v) is 8.72. The van der Waals surface area contributed by atoms with Gasteiger partial charge in [0.1, 0.15) is 0 Å². The quantitative estimate of drug-likeness (QED) is 0.582. The Morgan fingerprint density at radius 3 is 2.83 bits per heavy atom. The first-order valence-electron chi connectivity index (χ1n) is 3.49. The SMILES string of the molecule is O=Cc1ccc(-c2ccc[se]2)s1. The van der Waals surface area contributed by atoms with Crippen molar-refractivity contribution in [3.05, 3.63) is 34.1 Å². The van der Waals surface area contributed by atoms with E-state index in [4.69, 9.17) is 0 Å². The van der Waals surface area contributed by atoms with Gasteiger partial charge in [-0.15, -0.1) is 0 Å². The first-order valence-corrected chi connectivity index (χ1v) is 6.15. The third-order valence-electron chi connectivity index (χ3n) is 1.51. The molecule has 60 valence electrons. The molecule has 0 N–H and O–H groups in total. The fourth-order valence-electron chi connectivity index (χ4n) is 0.967. The van der Waals surface area contributed by atoms with Crippen molar-refractivity contribution in [1.29, 1.82) is 0 Å². The maximum absolute atomic E-state index is 10.4. The van der Waals surface area contributed by atoms with Crippen LogP contribution in [0, 0.1) is 0 Å². The Bertz CT molecular complexity index is 375. The van der Waals surface area contributed by atoms with Crippen LogP contribution in [0.4, 0.5) is 0 Å². The summed E-state index contributed by atoms with van der Waals surface area (Å²) in [5.41, 5.74) is 0. The summed E-state index contributed by atoms with van der Waals surface area (Å²) in [6.07, 6.45) is 0.907. The molecule has 0 aliphatic carbocycles. The monoisotopic (exact) mass is 242 g/mol. The van der Waals surface area contributed by atoms with Gasteiger partial charge in [-0.25, -0.2) is 0 Å². The van der Waals surface area contributed by atoms with E-state index in [1.54, 1.807) is 11.3 Å². The molecule has 0 aliphatic heterocycles. The summed E-state index contributed by atoms with van der Waals surface area (Å²) in [6.45, 7) is 0. The molecule has 2 heterocycles. The van der Waals surface area contributed by atoms with Crippen molar-refractivity contribution in [1.82, 2.24) is 0 Å². The normalized spacial score (nSPS) is 10.0.